The van der Waals surface area contributed by atoms with E-state index in [9.17, 15) is 0 Å². The van der Waals surface area contributed by atoms with Gasteiger partial charge in [0.15, 0.2) is 0 Å². The van der Waals surface area contributed by atoms with E-state index in [1.54, 1.807) is 0 Å². The highest BCUT2D eigenvalue weighted by atomic mass is 14.9. The number of hydrogen-bond donors (Lipinski definition) is 0. The van der Waals surface area contributed by atoms with E-state index in [2.05, 4.69) is 4.79 Å². The van der Waals surface area contributed by atoms with Crippen LogP contribution in [0.1, 0.15) is 22.3 Å². The molecule has 0 aliphatic rings. The lowest BCUT2D eigenvalue weighted by atomic mass is 10.0. The van der Waals surface area contributed by atoms with Crippen LogP contribution >= 0.6 is 0 Å². The molecule has 2 aromatic rings. The summed E-state index contributed by atoms with van der Waals surface area (Å²) in [6.45, 7) is 4.07. The Morgan fingerprint density at radius 3 is 1.41 bits per heavy atom. The summed E-state index contributed by atoms with van der Waals surface area (Å²) in [5.74, 6) is 0. The van der Waals surface area contributed by atoms with Crippen molar-refractivity contribution in [3.8, 4) is 0 Å². The van der Waals surface area contributed by atoms with E-state index >= 15 is 0 Å². The predicted octanol–water partition coefficient (Wildman–Crippen LogP) is 3.37. The van der Waals surface area contributed by atoms with Crippen molar-refractivity contribution in [2.24, 2.45) is 0 Å². The Hall–Kier alpha value is -2.18. The fourth-order valence-electron chi connectivity index (χ4n) is 1.70. The molecule has 2 rings (SSSR count). The Bertz CT molecular complexity index is 511. The van der Waals surface area contributed by atoms with Crippen molar-refractivity contribution in [2.75, 3.05) is 0 Å². The Balaban J connectivity index is 2.44. The largest absolute Gasteiger partial charge is 0.361 e. The molecule has 0 fully saturated rings. The molecular formula is C15H14N2. The van der Waals surface area contributed by atoms with Gasteiger partial charge in [0.25, 0.3) is 0 Å². The first-order valence-electron chi connectivity index (χ1n) is 5.57. The van der Waals surface area contributed by atoms with Crippen molar-refractivity contribution in [3.05, 3.63) is 76.3 Å². The highest BCUT2D eigenvalue weighted by molar-refractivity contribution is 6.09. The molecule has 0 atom stereocenters. The molecule has 0 saturated heterocycles. The van der Waals surface area contributed by atoms with E-state index in [-0.39, 0.29) is 0 Å². The zero-order valence-corrected chi connectivity index (χ0v) is 10.0. The second-order valence-electron chi connectivity index (χ2n) is 4.18. The maximum atomic E-state index is 9.16. The van der Waals surface area contributed by atoms with Gasteiger partial charge >= 0.3 is 5.71 Å². The van der Waals surface area contributed by atoms with E-state index in [1.165, 1.54) is 11.1 Å². The molecule has 2 nitrogen and oxygen atoms in total. The fraction of sp³-hybridized carbons (Fsp3) is 0.133. The molecule has 0 N–H and O–H groups in total. The molecule has 0 unspecified atom stereocenters. The number of rotatable bonds is 2. The summed E-state index contributed by atoms with van der Waals surface area (Å²) in [6.07, 6.45) is 0. The highest BCUT2D eigenvalue weighted by Crippen LogP contribution is 2.11. The van der Waals surface area contributed by atoms with Gasteiger partial charge in [-0.2, -0.15) is 4.79 Å². The molecule has 0 radical (unpaired) electrons. The topological polar surface area (TPSA) is 36.4 Å². The molecule has 0 aromatic heterocycles. The lowest BCUT2D eigenvalue weighted by Gasteiger charge is -1.99. The average molecular weight is 222 g/mol. The van der Waals surface area contributed by atoms with Crippen molar-refractivity contribution < 1.29 is 4.79 Å². The van der Waals surface area contributed by atoms with E-state index < -0.39 is 0 Å². The third-order valence-corrected chi connectivity index (χ3v) is 2.75. The third kappa shape index (κ3) is 2.49. The first-order chi connectivity index (χ1) is 8.20. The van der Waals surface area contributed by atoms with Crippen LogP contribution in [0.25, 0.3) is 5.53 Å². The minimum absolute atomic E-state index is 0.602. The zero-order valence-electron chi connectivity index (χ0n) is 10.0. The van der Waals surface area contributed by atoms with Gasteiger partial charge in [-0.3, -0.25) is 0 Å². The van der Waals surface area contributed by atoms with Crippen LogP contribution < -0.4 is 0 Å². The molecular weight excluding hydrogens is 208 g/mol. The summed E-state index contributed by atoms with van der Waals surface area (Å²) in [5.41, 5.74) is 14.0. The Morgan fingerprint density at radius 1 is 0.765 bits per heavy atom. The van der Waals surface area contributed by atoms with E-state index in [0.29, 0.717) is 5.71 Å². The van der Waals surface area contributed by atoms with Crippen molar-refractivity contribution in [3.63, 3.8) is 0 Å². The highest BCUT2D eigenvalue weighted by Gasteiger charge is 2.14. The van der Waals surface area contributed by atoms with Gasteiger partial charge in [0.05, 0.1) is 11.1 Å². The van der Waals surface area contributed by atoms with Crippen molar-refractivity contribution in [2.45, 2.75) is 13.8 Å². The molecule has 17 heavy (non-hydrogen) atoms. The second-order valence-corrected chi connectivity index (χ2v) is 4.18. The summed E-state index contributed by atoms with van der Waals surface area (Å²) in [4.78, 5) is 3.40. The van der Waals surface area contributed by atoms with Crippen LogP contribution in [-0.2, 0) is 0 Å². The number of benzene rings is 2. The van der Waals surface area contributed by atoms with Gasteiger partial charge in [0.2, 0.25) is 0 Å². The van der Waals surface area contributed by atoms with Gasteiger partial charge in [-0.1, -0.05) is 35.4 Å². The molecule has 2 heteroatoms. The normalized spacial score (nSPS) is 9.76. The average Bonchev–Trinajstić information content (AvgIpc) is 2.35. The lowest BCUT2D eigenvalue weighted by molar-refractivity contribution is -0.00279. The van der Waals surface area contributed by atoms with Crippen LogP contribution in [0, 0.1) is 13.8 Å². The Morgan fingerprint density at radius 2 is 1.12 bits per heavy atom. The van der Waals surface area contributed by atoms with Crippen molar-refractivity contribution in [1.29, 1.82) is 0 Å². The summed E-state index contributed by atoms with van der Waals surface area (Å²) in [6, 6.07) is 15.9. The van der Waals surface area contributed by atoms with Crippen molar-refractivity contribution >= 4 is 5.71 Å². The first kappa shape index (κ1) is 11.3. The Kier molecular flexibility index (Phi) is 3.17. The minimum atomic E-state index is 0.602. The smallest absolute Gasteiger partial charge is 0.329 e. The minimum Gasteiger partial charge on any atom is -0.361 e. The number of aryl methyl sites for hydroxylation is 2. The monoisotopic (exact) mass is 222 g/mol. The Labute approximate surface area is 101 Å². The van der Waals surface area contributed by atoms with E-state index in [1.807, 2.05) is 62.4 Å². The summed E-state index contributed by atoms with van der Waals surface area (Å²) in [7, 11) is 0. The summed E-state index contributed by atoms with van der Waals surface area (Å²) in [5, 5.41) is 0. The second kappa shape index (κ2) is 4.77. The van der Waals surface area contributed by atoms with Crippen LogP contribution in [0.3, 0.4) is 0 Å². The number of hydrogen-bond acceptors (Lipinski definition) is 0. The molecule has 0 aliphatic carbocycles. The van der Waals surface area contributed by atoms with Gasteiger partial charge in [0, 0.05) is 0 Å². The maximum absolute atomic E-state index is 9.16. The first-order valence-corrected chi connectivity index (χ1v) is 5.57. The molecule has 0 saturated carbocycles. The van der Waals surface area contributed by atoms with Crippen LogP contribution in [0.2, 0.25) is 0 Å². The molecule has 84 valence electrons. The predicted molar refractivity (Wildman–Crippen MR) is 69.2 cm³/mol. The van der Waals surface area contributed by atoms with E-state index in [4.69, 9.17) is 5.53 Å². The quantitative estimate of drug-likeness (QED) is 0.424. The fourth-order valence-corrected chi connectivity index (χ4v) is 1.70. The van der Waals surface area contributed by atoms with Crippen LogP contribution in [0.5, 0.6) is 0 Å². The number of nitrogens with zero attached hydrogens (tertiary/aromatic N) is 2. The van der Waals surface area contributed by atoms with Gasteiger partial charge in [-0.15, -0.1) is 0 Å². The SMILES string of the molecule is Cc1ccc(C(=[N+]=[N-])c2ccc(C)cc2)cc1. The molecule has 0 amide bonds. The third-order valence-electron chi connectivity index (χ3n) is 2.75. The summed E-state index contributed by atoms with van der Waals surface area (Å²) < 4.78 is 0. The molecule has 0 bridgehead atoms. The molecule has 2 aromatic carbocycles. The zero-order chi connectivity index (χ0) is 12.3. The lowest BCUT2D eigenvalue weighted by Crippen LogP contribution is -2.04. The van der Waals surface area contributed by atoms with Crippen LogP contribution in [0.4, 0.5) is 0 Å². The standard InChI is InChI=1S/C15H14N2/c1-11-3-7-13(8-4-11)15(17-16)14-9-5-12(2)6-10-14/h3-10H,1-2H3. The van der Waals surface area contributed by atoms with Gasteiger partial charge in [-0.25, -0.2) is 0 Å². The van der Waals surface area contributed by atoms with Crippen molar-refractivity contribution in [1.82, 2.24) is 0 Å². The van der Waals surface area contributed by atoms with Gasteiger partial charge in [0.1, 0.15) is 0 Å². The van der Waals surface area contributed by atoms with Gasteiger partial charge < -0.3 is 5.53 Å². The summed E-state index contributed by atoms with van der Waals surface area (Å²) >= 11 is 0. The van der Waals surface area contributed by atoms with E-state index in [0.717, 1.165) is 11.1 Å². The van der Waals surface area contributed by atoms with Gasteiger partial charge in [-0.05, 0) is 38.1 Å². The molecule has 0 aliphatic heterocycles. The maximum Gasteiger partial charge on any atom is 0.329 e. The molecule has 0 heterocycles. The molecule has 0 spiro atoms. The van der Waals surface area contributed by atoms with Crippen LogP contribution in [0.15, 0.2) is 48.5 Å². The van der Waals surface area contributed by atoms with Crippen LogP contribution in [-0.4, -0.2) is 10.5 Å².